The Balaban J connectivity index is 1.61. The molecule has 40 heavy (non-hydrogen) atoms. The van der Waals surface area contributed by atoms with Crippen molar-refractivity contribution >= 4 is 28.4 Å². The highest BCUT2D eigenvalue weighted by Gasteiger charge is 2.33. The zero-order valence-electron chi connectivity index (χ0n) is 22.5. The molecule has 3 aromatic heterocycles. The Morgan fingerprint density at radius 3 is 2.60 bits per heavy atom. The number of fused-ring (bicyclic) bond motifs is 4. The van der Waals surface area contributed by atoms with Crippen LogP contribution in [0.2, 0.25) is 0 Å². The Bertz CT molecular complexity index is 1780. The number of hydrogen-bond donors (Lipinski definition) is 2. The van der Waals surface area contributed by atoms with Gasteiger partial charge in [-0.05, 0) is 31.6 Å². The highest BCUT2D eigenvalue weighted by atomic mass is 19.2. The average molecular weight is 547 g/mol. The molecular weight excluding hydrogens is 518 g/mol. The molecule has 4 heterocycles. The van der Waals surface area contributed by atoms with Gasteiger partial charge in [0.2, 0.25) is 5.43 Å². The molecule has 0 bridgehead atoms. The number of nitrogens with one attached hydrogen (secondary N) is 1. The molecule has 2 N–H and O–H groups in total. The fraction of sp³-hybridized carbons (Fsp3) is 0.310. The van der Waals surface area contributed by atoms with Crippen molar-refractivity contribution in [2.75, 3.05) is 51.5 Å². The first-order chi connectivity index (χ1) is 19.1. The SMILES string of the molecule is CNc1cc(F)c(F)c2c1Cc1ncc(-c3cnc4c(c3)c(=O)c(C(=O)O)cn4C3CCN(C)C3)c(N(C)C)c1-2. The van der Waals surface area contributed by atoms with Crippen molar-refractivity contribution in [1.82, 2.24) is 19.4 Å². The van der Waals surface area contributed by atoms with E-state index in [0.717, 1.165) is 19.0 Å². The summed E-state index contributed by atoms with van der Waals surface area (Å²) in [6.07, 6.45) is 5.77. The van der Waals surface area contributed by atoms with Crippen LogP contribution in [0.5, 0.6) is 0 Å². The molecule has 0 saturated carbocycles. The number of benzene rings is 1. The van der Waals surface area contributed by atoms with Crippen LogP contribution in [0.1, 0.15) is 34.1 Å². The maximum atomic E-state index is 15.3. The monoisotopic (exact) mass is 546 g/mol. The van der Waals surface area contributed by atoms with Gasteiger partial charge in [-0.1, -0.05) is 0 Å². The summed E-state index contributed by atoms with van der Waals surface area (Å²) in [4.78, 5) is 38.6. The van der Waals surface area contributed by atoms with E-state index in [4.69, 9.17) is 0 Å². The number of carbonyl (C=O) groups is 1. The van der Waals surface area contributed by atoms with Crippen molar-refractivity contribution in [3.8, 4) is 22.3 Å². The van der Waals surface area contributed by atoms with Crippen molar-refractivity contribution in [1.29, 1.82) is 0 Å². The second kappa shape index (κ2) is 9.37. The number of aromatic carboxylic acids is 1. The Morgan fingerprint density at radius 2 is 1.95 bits per heavy atom. The molecule has 6 rings (SSSR count). The number of carboxylic acids is 1. The van der Waals surface area contributed by atoms with Gasteiger partial charge in [-0.15, -0.1) is 0 Å². The molecule has 2 aliphatic rings. The van der Waals surface area contributed by atoms with Gasteiger partial charge in [0.15, 0.2) is 11.6 Å². The number of nitrogens with zero attached hydrogens (tertiary/aromatic N) is 5. The third-order valence-corrected chi connectivity index (χ3v) is 7.94. The average Bonchev–Trinajstić information content (AvgIpc) is 3.53. The molecular formula is C29H28F2N6O3. The van der Waals surface area contributed by atoms with E-state index in [-0.39, 0.29) is 22.6 Å². The highest BCUT2D eigenvalue weighted by molar-refractivity contribution is 5.98. The second-order valence-corrected chi connectivity index (χ2v) is 10.6. The van der Waals surface area contributed by atoms with Gasteiger partial charge in [0, 0.05) is 92.7 Å². The topological polar surface area (TPSA) is 104 Å². The lowest BCUT2D eigenvalue weighted by molar-refractivity contribution is 0.0694. The van der Waals surface area contributed by atoms with Crippen LogP contribution in [-0.4, -0.2) is 71.8 Å². The maximum Gasteiger partial charge on any atom is 0.341 e. The van der Waals surface area contributed by atoms with Crippen LogP contribution in [0.15, 0.2) is 35.5 Å². The minimum Gasteiger partial charge on any atom is -0.477 e. The molecule has 1 aliphatic heterocycles. The number of aromatic nitrogens is 3. The van der Waals surface area contributed by atoms with Crippen molar-refractivity contribution in [2.45, 2.75) is 18.9 Å². The fourth-order valence-electron chi connectivity index (χ4n) is 6.06. The summed E-state index contributed by atoms with van der Waals surface area (Å²) >= 11 is 0. The Morgan fingerprint density at radius 1 is 1.18 bits per heavy atom. The molecule has 206 valence electrons. The van der Waals surface area contributed by atoms with Crippen molar-refractivity contribution in [2.24, 2.45) is 0 Å². The van der Waals surface area contributed by atoms with Gasteiger partial charge in [-0.2, -0.15) is 0 Å². The first-order valence-electron chi connectivity index (χ1n) is 13.0. The molecule has 0 amide bonds. The number of pyridine rings is 3. The van der Waals surface area contributed by atoms with Crippen LogP contribution >= 0.6 is 0 Å². The molecule has 11 heteroatoms. The van der Waals surface area contributed by atoms with Crippen LogP contribution in [-0.2, 0) is 6.42 Å². The lowest BCUT2D eigenvalue weighted by Gasteiger charge is -2.23. The van der Waals surface area contributed by atoms with Crippen LogP contribution in [0.25, 0.3) is 33.3 Å². The summed E-state index contributed by atoms with van der Waals surface area (Å²) < 4.78 is 31.7. The molecule has 1 aliphatic carbocycles. The highest BCUT2D eigenvalue weighted by Crippen LogP contribution is 2.49. The van der Waals surface area contributed by atoms with E-state index in [1.54, 1.807) is 49.1 Å². The molecule has 1 atom stereocenters. The molecule has 1 aromatic carbocycles. The van der Waals surface area contributed by atoms with Crippen LogP contribution < -0.4 is 15.6 Å². The minimum absolute atomic E-state index is 0.0284. The first kappa shape index (κ1) is 25.9. The normalized spacial score (nSPS) is 16.3. The van der Waals surface area contributed by atoms with Crippen LogP contribution in [0.4, 0.5) is 20.2 Å². The zero-order valence-corrected chi connectivity index (χ0v) is 22.5. The summed E-state index contributed by atoms with van der Waals surface area (Å²) in [6.45, 7) is 1.55. The molecule has 0 radical (unpaired) electrons. The van der Waals surface area contributed by atoms with Crippen LogP contribution in [0.3, 0.4) is 0 Å². The Hall–Kier alpha value is -4.38. The number of halogens is 2. The molecule has 1 unspecified atom stereocenters. The maximum absolute atomic E-state index is 15.3. The summed E-state index contributed by atoms with van der Waals surface area (Å²) in [5.41, 5.74) is 3.49. The van der Waals surface area contributed by atoms with Gasteiger partial charge in [0.05, 0.1) is 16.8 Å². The predicted molar refractivity (Wildman–Crippen MR) is 149 cm³/mol. The largest absolute Gasteiger partial charge is 0.477 e. The summed E-state index contributed by atoms with van der Waals surface area (Å²) in [5.74, 6) is -3.21. The van der Waals surface area contributed by atoms with E-state index in [9.17, 15) is 19.1 Å². The molecule has 1 fully saturated rings. The Kier molecular flexibility index (Phi) is 6.06. The van der Waals surface area contributed by atoms with Gasteiger partial charge < -0.3 is 24.8 Å². The predicted octanol–water partition coefficient (Wildman–Crippen LogP) is 3.99. The number of likely N-dealkylation sites (N-methyl/N-ethyl adjacent to an activating group) is 1. The second-order valence-electron chi connectivity index (χ2n) is 10.6. The van der Waals surface area contributed by atoms with Crippen molar-refractivity contribution in [3.05, 3.63) is 69.4 Å². The Labute approximate surface area is 228 Å². The molecule has 4 aromatic rings. The quantitative estimate of drug-likeness (QED) is 0.341. The number of anilines is 2. The van der Waals surface area contributed by atoms with Crippen LogP contribution in [0, 0.1) is 11.6 Å². The molecule has 1 saturated heterocycles. The van der Waals surface area contributed by atoms with E-state index < -0.39 is 23.0 Å². The van der Waals surface area contributed by atoms with Crippen molar-refractivity contribution < 1.29 is 18.7 Å². The standard InChI is InChI=1S/C29H28F2N6O3/c1-32-21-9-20(30)25(31)23-16(21)8-22-24(23)26(35(2)3)18(11-33-22)14-7-17-27(38)19(29(39)40)13-37(28(17)34-10-14)15-5-6-36(4)12-15/h7,9-11,13,15,32H,5-6,8,12H2,1-4H3,(H,39,40). The molecule has 9 nitrogen and oxygen atoms in total. The number of carboxylic acid groups (broad SMARTS) is 1. The van der Waals surface area contributed by atoms with Gasteiger partial charge in [-0.3, -0.25) is 9.78 Å². The van der Waals surface area contributed by atoms with E-state index in [0.29, 0.717) is 57.9 Å². The van der Waals surface area contributed by atoms with Gasteiger partial charge in [0.25, 0.3) is 0 Å². The van der Waals surface area contributed by atoms with E-state index in [2.05, 4.69) is 20.2 Å². The molecule has 0 spiro atoms. The minimum atomic E-state index is -1.31. The number of rotatable bonds is 5. The lowest BCUT2D eigenvalue weighted by atomic mass is 9.97. The summed E-state index contributed by atoms with van der Waals surface area (Å²) in [7, 11) is 7.25. The third kappa shape index (κ3) is 3.83. The fourth-order valence-corrected chi connectivity index (χ4v) is 6.06. The van der Waals surface area contributed by atoms with Crippen molar-refractivity contribution in [3.63, 3.8) is 0 Å². The van der Waals surface area contributed by atoms with E-state index in [1.807, 2.05) is 7.05 Å². The summed E-state index contributed by atoms with van der Waals surface area (Å²) in [6, 6.07) is 2.75. The smallest absolute Gasteiger partial charge is 0.341 e. The number of likely N-dealkylation sites (tertiary alicyclic amines) is 1. The summed E-state index contributed by atoms with van der Waals surface area (Å²) in [5, 5.41) is 12.9. The zero-order chi connectivity index (χ0) is 28.5. The van der Waals surface area contributed by atoms with E-state index >= 15 is 4.39 Å². The first-order valence-corrected chi connectivity index (χ1v) is 13.0. The third-order valence-electron chi connectivity index (χ3n) is 7.94. The lowest BCUT2D eigenvalue weighted by Crippen LogP contribution is -2.23. The van der Waals surface area contributed by atoms with E-state index in [1.165, 1.54) is 6.20 Å². The van der Waals surface area contributed by atoms with Gasteiger partial charge >= 0.3 is 5.97 Å². The van der Waals surface area contributed by atoms with Gasteiger partial charge in [0.1, 0.15) is 11.2 Å². The number of hydrogen-bond acceptors (Lipinski definition) is 7. The van der Waals surface area contributed by atoms with Gasteiger partial charge in [-0.25, -0.2) is 18.6 Å².